The molecule has 1 atom stereocenters. The van der Waals surface area contributed by atoms with Gasteiger partial charge >= 0.3 is 6.03 Å². The van der Waals surface area contributed by atoms with Gasteiger partial charge in [0, 0.05) is 23.2 Å². The highest BCUT2D eigenvalue weighted by Crippen LogP contribution is 2.35. The maximum absolute atomic E-state index is 13.1. The van der Waals surface area contributed by atoms with Gasteiger partial charge in [0.1, 0.15) is 0 Å². The summed E-state index contributed by atoms with van der Waals surface area (Å²) in [5.74, 6) is 0.296. The average Bonchev–Trinajstić information content (AvgIpc) is 3.47. The lowest BCUT2D eigenvalue weighted by Crippen LogP contribution is -2.45. The number of aromatic nitrogens is 4. The third-order valence-corrected chi connectivity index (χ3v) is 6.47. The van der Waals surface area contributed by atoms with Crippen LogP contribution < -0.4 is 11.1 Å². The van der Waals surface area contributed by atoms with Gasteiger partial charge < -0.3 is 20.9 Å². The molecule has 4 rings (SSSR count). The zero-order valence-corrected chi connectivity index (χ0v) is 20.5. The summed E-state index contributed by atoms with van der Waals surface area (Å²) in [6.45, 7) is 1.04. The number of urea groups is 1. The lowest BCUT2D eigenvalue weighted by atomic mass is 10.0. The van der Waals surface area contributed by atoms with Crippen molar-refractivity contribution in [2.24, 2.45) is 7.05 Å². The maximum Gasteiger partial charge on any atom is 0.318 e. The van der Waals surface area contributed by atoms with Crippen LogP contribution in [0.25, 0.3) is 0 Å². The monoisotopic (exact) mass is 526 g/mol. The molecular formula is C23H27BrN8O2. The number of anilines is 1. The van der Waals surface area contributed by atoms with Gasteiger partial charge in [-0.3, -0.25) is 4.79 Å². The second kappa shape index (κ2) is 10.6. The second-order valence-electron chi connectivity index (χ2n) is 8.22. The number of benzene rings is 2. The number of nitrogens with zero attached hydrogens (tertiary/aromatic N) is 6. The zero-order chi connectivity index (χ0) is 24.1. The lowest BCUT2D eigenvalue weighted by Gasteiger charge is -2.27. The van der Waals surface area contributed by atoms with Crippen molar-refractivity contribution >= 4 is 33.6 Å². The predicted octanol–water partition coefficient (Wildman–Crippen LogP) is 2.63. The number of carbonyl (C=O) groups is 2. The summed E-state index contributed by atoms with van der Waals surface area (Å²) in [6.07, 6.45) is 1.82. The molecule has 1 aromatic heterocycles. The molecule has 11 heteroatoms. The number of nitrogen functional groups attached to an aromatic ring is 1. The van der Waals surface area contributed by atoms with Crippen molar-refractivity contribution in [3.8, 4) is 0 Å². The van der Waals surface area contributed by atoms with Crippen LogP contribution in [0.4, 0.5) is 10.5 Å². The Balaban J connectivity index is 1.42. The minimum absolute atomic E-state index is 0.00495. The fourth-order valence-corrected chi connectivity index (χ4v) is 4.65. The average molecular weight is 527 g/mol. The normalized spacial score (nSPS) is 15.4. The van der Waals surface area contributed by atoms with E-state index in [-0.39, 0.29) is 31.1 Å². The molecule has 178 valence electrons. The first-order valence-electron chi connectivity index (χ1n) is 11.0. The van der Waals surface area contributed by atoms with E-state index in [2.05, 4.69) is 36.7 Å². The number of rotatable bonds is 7. The van der Waals surface area contributed by atoms with E-state index in [4.69, 9.17) is 5.73 Å². The van der Waals surface area contributed by atoms with Crippen LogP contribution in [-0.4, -0.2) is 55.0 Å². The Morgan fingerprint density at radius 3 is 2.65 bits per heavy atom. The second-order valence-corrected chi connectivity index (χ2v) is 9.07. The SMILES string of the molecule is Cn1nnc(CN(Cc2ccc(N)cc2)C(=O)NCC(=O)N2CCCC2c2ccccc2Br)n1. The predicted molar refractivity (Wildman–Crippen MR) is 130 cm³/mol. The molecule has 3 aromatic rings. The summed E-state index contributed by atoms with van der Waals surface area (Å²) >= 11 is 3.59. The molecule has 0 radical (unpaired) electrons. The summed E-state index contributed by atoms with van der Waals surface area (Å²) in [7, 11) is 1.66. The minimum Gasteiger partial charge on any atom is -0.399 e. The van der Waals surface area contributed by atoms with Crippen LogP contribution in [0.15, 0.2) is 53.0 Å². The largest absolute Gasteiger partial charge is 0.399 e. The molecule has 34 heavy (non-hydrogen) atoms. The van der Waals surface area contributed by atoms with Gasteiger partial charge in [-0.2, -0.15) is 4.80 Å². The Labute approximate surface area is 206 Å². The van der Waals surface area contributed by atoms with E-state index in [1.807, 2.05) is 41.3 Å². The molecule has 1 fully saturated rings. The Morgan fingerprint density at radius 2 is 1.94 bits per heavy atom. The third kappa shape index (κ3) is 5.71. The van der Waals surface area contributed by atoms with Crippen molar-refractivity contribution in [3.05, 3.63) is 70.0 Å². The van der Waals surface area contributed by atoms with Crippen LogP contribution in [0, 0.1) is 0 Å². The Morgan fingerprint density at radius 1 is 1.18 bits per heavy atom. The fraction of sp³-hybridized carbons (Fsp3) is 0.348. The van der Waals surface area contributed by atoms with E-state index in [1.165, 1.54) is 4.80 Å². The van der Waals surface area contributed by atoms with Crippen molar-refractivity contribution in [1.82, 2.24) is 35.3 Å². The maximum atomic E-state index is 13.1. The molecule has 1 saturated heterocycles. The topological polar surface area (TPSA) is 122 Å². The van der Waals surface area contributed by atoms with E-state index in [0.29, 0.717) is 24.6 Å². The van der Waals surface area contributed by atoms with Gasteiger partial charge in [0.15, 0.2) is 5.82 Å². The highest BCUT2D eigenvalue weighted by Gasteiger charge is 2.31. The summed E-state index contributed by atoms with van der Waals surface area (Å²) in [4.78, 5) is 30.9. The van der Waals surface area contributed by atoms with Crippen molar-refractivity contribution < 1.29 is 9.59 Å². The van der Waals surface area contributed by atoms with E-state index in [1.54, 1.807) is 24.1 Å². The minimum atomic E-state index is -0.380. The molecule has 0 spiro atoms. The Kier molecular flexibility index (Phi) is 7.41. The van der Waals surface area contributed by atoms with Gasteiger partial charge in [0.05, 0.1) is 26.2 Å². The number of halogens is 1. The molecule has 0 bridgehead atoms. The van der Waals surface area contributed by atoms with Crippen molar-refractivity contribution in [3.63, 3.8) is 0 Å². The molecule has 10 nitrogen and oxygen atoms in total. The third-order valence-electron chi connectivity index (χ3n) is 5.75. The number of nitrogens with one attached hydrogen (secondary N) is 1. The molecule has 1 aliphatic rings. The van der Waals surface area contributed by atoms with Crippen molar-refractivity contribution in [2.45, 2.75) is 32.0 Å². The lowest BCUT2D eigenvalue weighted by molar-refractivity contribution is -0.131. The molecule has 2 aromatic carbocycles. The molecule has 2 heterocycles. The number of aryl methyl sites for hydroxylation is 1. The highest BCUT2D eigenvalue weighted by molar-refractivity contribution is 9.10. The van der Waals surface area contributed by atoms with E-state index in [9.17, 15) is 9.59 Å². The summed E-state index contributed by atoms with van der Waals surface area (Å²) < 4.78 is 0.981. The summed E-state index contributed by atoms with van der Waals surface area (Å²) in [6, 6.07) is 14.8. The zero-order valence-electron chi connectivity index (χ0n) is 18.9. The van der Waals surface area contributed by atoms with E-state index in [0.717, 1.165) is 28.4 Å². The van der Waals surface area contributed by atoms with Gasteiger partial charge in [0.2, 0.25) is 5.91 Å². The van der Waals surface area contributed by atoms with Crippen molar-refractivity contribution in [1.29, 1.82) is 0 Å². The van der Waals surface area contributed by atoms with Crippen LogP contribution in [0.1, 0.15) is 35.8 Å². The molecule has 3 N–H and O–H groups in total. The highest BCUT2D eigenvalue weighted by atomic mass is 79.9. The quantitative estimate of drug-likeness (QED) is 0.456. The van der Waals surface area contributed by atoms with Crippen LogP contribution in [-0.2, 0) is 24.9 Å². The Bertz CT molecular complexity index is 1150. The first-order valence-corrected chi connectivity index (χ1v) is 11.8. The molecule has 3 amide bonds. The summed E-state index contributed by atoms with van der Waals surface area (Å²) in [5.41, 5.74) is 8.40. The van der Waals surface area contributed by atoms with Gasteiger partial charge in [-0.1, -0.05) is 46.3 Å². The summed E-state index contributed by atoms with van der Waals surface area (Å²) in [5, 5.41) is 14.8. The number of hydrogen-bond acceptors (Lipinski definition) is 6. The van der Waals surface area contributed by atoms with Crippen LogP contribution >= 0.6 is 15.9 Å². The van der Waals surface area contributed by atoms with Crippen LogP contribution in [0.3, 0.4) is 0 Å². The number of hydrogen-bond donors (Lipinski definition) is 2. The number of carbonyl (C=O) groups excluding carboxylic acids is 2. The molecular weight excluding hydrogens is 500 g/mol. The van der Waals surface area contributed by atoms with Gasteiger partial charge in [0.25, 0.3) is 0 Å². The molecule has 1 unspecified atom stereocenters. The molecule has 0 aliphatic carbocycles. The fourth-order valence-electron chi connectivity index (χ4n) is 4.10. The molecule has 0 saturated carbocycles. The molecule has 1 aliphatic heterocycles. The first kappa shape index (κ1) is 23.7. The number of likely N-dealkylation sites (tertiary alicyclic amines) is 1. The van der Waals surface area contributed by atoms with Crippen LogP contribution in [0.2, 0.25) is 0 Å². The van der Waals surface area contributed by atoms with E-state index >= 15 is 0 Å². The van der Waals surface area contributed by atoms with Gasteiger partial charge in [-0.15, -0.1) is 10.2 Å². The van der Waals surface area contributed by atoms with E-state index < -0.39 is 0 Å². The number of nitrogens with two attached hydrogens (primary N) is 1. The van der Waals surface area contributed by atoms with Crippen molar-refractivity contribution in [2.75, 3.05) is 18.8 Å². The smallest absolute Gasteiger partial charge is 0.318 e. The van der Waals surface area contributed by atoms with Crippen LogP contribution in [0.5, 0.6) is 0 Å². The number of amides is 3. The van der Waals surface area contributed by atoms with Gasteiger partial charge in [-0.25, -0.2) is 4.79 Å². The van der Waals surface area contributed by atoms with Gasteiger partial charge in [-0.05, 0) is 47.4 Å². The Hall–Kier alpha value is -3.47. The first-order chi connectivity index (χ1) is 16.4. The standard InChI is InChI=1S/C23H27BrN8O2/c1-30-28-21(27-29-30)15-31(14-16-8-10-17(25)11-9-16)23(34)26-13-22(33)32-12-4-7-20(32)18-5-2-3-6-19(18)24/h2-3,5-6,8-11,20H,4,7,12-15,25H2,1H3,(H,26,34). The number of tetrazole rings is 1.